The molecule has 0 unspecified atom stereocenters. The third-order valence-corrected chi connectivity index (χ3v) is 5.20. The highest BCUT2D eigenvalue weighted by molar-refractivity contribution is 5.88. The number of rotatable bonds is 14. The molecule has 8 heteroatoms. The topological polar surface area (TPSA) is 112 Å². The van der Waals surface area contributed by atoms with Crippen molar-refractivity contribution in [2.45, 2.75) is 19.3 Å². The summed E-state index contributed by atoms with van der Waals surface area (Å²) in [5.41, 5.74) is 2.12. The fraction of sp³-hybridized carbons (Fsp3) is 0.333. The highest BCUT2D eigenvalue weighted by atomic mass is 16.5. The molecule has 2 rings (SSSR count). The van der Waals surface area contributed by atoms with E-state index in [0.717, 1.165) is 11.1 Å². The molecule has 0 fully saturated rings. The number of carbonyl (C=O) groups excluding carboxylic acids is 2. The lowest BCUT2D eigenvalue weighted by Gasteiger charge is -2.26. The van der Waals surface area contributed by atoms with Gasteiger partial charge >= 0.3 is 11.9 Å². The Hall–Kier alpha value is -3.62. The molecular weight excluding hydrogens is 452 g/mol. The quantitative estimate of drug-likeness (QED) is 0.311. The van der Waals surface area contributed by atoms with E-state index in [0.29, 0.717) is 11.5 Å². The van der Waals surface area contributed by atoms with Crippen molar-refractivity contribution in [1.82, 2.24) is 0 Å². The molecule has 0 aliphatic heterocycles. The van der Waals surface area contributed by atoms with E-state index in [1.165, 1.54) is 0 Å². The molecular formula is C27H32O8. The first kappa shape index (κ1) is 27.6. The Balaban J connectivity index is 1.94. The highest BCUT2D eigenvalue weighted by Crippen LogP contribution is 2.33. The molecule has 0 aromatic heterocycles. The molecule has 0 aliphatic rings. The standard InChI is InChI=1S/C27H32O8/c1-19(25(30)32-15-13-28)17-34-23-9-5-21(6-10-23)27(3,4)22-7-11-24(12-8-22)35-18-20(2)26(31)33-16-14-29/h5-12,28-29H,1-2,13-18H2,3-4H3. The average molecular weight is 485 g/mol. The Bertz CT molecular complexity index is 925. The Morgan fingerprint density at radius 2 is 1.06 bits per heavy atom. The number of hydrogen-bond donors (Lipinski definition) is 2. The molecule has 0 amide bonds. The Morgan fingerprint density at radius 1 is 0.714 bits per heavy atom. The third kappa shape index (κ3) is 8.27. The van der Waals surface area contributed by atoms with Crippen LogP contribution in [0.15, 0.2) is 72.8 Å². The Kier molecular flexibility index (Phi) is 10.5. The fourth-order valence-electron chi connectivity index (χ4n) is 3.04. The fourth-order valence-corrected chi connectivity index (χ4v) is 3.04. The van der Waals surface area contributed by atoms with Crippen LogP contribution in [0.3, 0.4) is 0 Å². The SMILES string of the molecule is C=C(COc1ccc(C(C)(C)c2ccc(OCC(=C)C(=O)OCCO)cc2)cc1)C(=O)OCCO. The van der Waals surface area contributed by atoms with Gasteiger partial charge in [0, 0.05) is 5.41 Å². The van der Waals surface area contributed by atoms with E-state index in [2.05, 4.69) is 27.0 Å². The van der Waals surface area contributed by atoms with Gasteiger partial charge in [0.05, 0.1) is 24.4 Å². The van der Waals surface area contributed by atoms with Crippen LogP contribution >= 0.6 is 0 Å². The molecule has 2 aromatic rings. The van der Waals surface area contributed by atoms with E-state index >= 15 is 0 Å². The van der Waals surface area contributed by atoms with Gasteiger partial charge in [-0.15, -0.1) is 0 Å². The first-order valence-corrected chi connectivity index (χ1v) is 11.1. The number of aliphatic hydroxyl groups is 2. The molecule has 0 spiro atoms. The van der Waals surface area contributed by atoms with E-state index in [1.54, 1.807) is 0 Å². The molecule has 0 saturated carbocycles. The predicted molar refractivity (Wildman–Crippen MR) is 130 cm³/mol. The largest absolute Gasteiger partial charge is 0.489 e. The van der Waals surface area contributed by atoms with Crippen molar-refractivity contribution in [3.63, 3.8) is 0 Å². The minimum Gasteiger partial charge on any atom is -0.489 e. The van der Waals surface area contributed by atoms with Gasteiger partial charge in [0.2, 0.25) is 0 Å². The maximum absolute atomic E-state index is 11.7. The van der Waals surface area contributed by atoms with Gasteiger partial charge in [0.15, 0.2) is 0 Å². The van der Waals surface area contributed by atoms with Crippen LogP contribution < -0.4 is 9.47 Å². The van der Waals surface area contributed by atoms with Gasteiger partial charge in [-0.05, 0) is 35.4 Å². The van der Waals surface area contributed by atoms with Gasteiger partial charge in [0.25, 0.3) is 0 Å². The number of carbonyl (C=O) groups is 2. The van der Waals surface area contributed by atoms with Gasteiger partial charge in [-0.3, -0.25) is 0 Å². The number of hydrogen-bond acceptors (Lipinski definition) is 8. The van der Waals surface area contributed by atoms with Crippen LogP contribution in [-0.4, -0.2) is 61.8 Å². The Labute approximate surface area is 205 Å². The number of ether oxygens (including phenoxy) is 4. The molecule has 0 heterocycles. The van der Waals surface area contributed by atoms with E-state index in [-0.39, 0.29) is 56.2 Å². The van der Waals surface area contributed by atoms with Gasteiger partial charge in [-0.25, -0.2) is 9.59 Å². The summed E-state index contributed by atoms with van der Waals surface area (Å²) in [6, 6.07) is 15.1. The molecule has 0 bridgehead atoms. The second-order valence-corrected chi connectivity index (χ2v) is 8.18. The first-order chi connectivity index (χ1) is 16.7. The summed E-state index contributed by atoms with van der Waals surface area (Å²) < 4.78 is 20.8. The molecule has 0 radical (unpaired) electrons. The molecule has 188 valence electrons. The Morgan fingerprint density at radius 3 is 1.37 bits per heavy atom. The van der Waals surface area contributed by atoms with Gasteiger partial charge in [-0.1, -0.05) is 51.3 Å². The van der Waals surface area contributed by atoms with E-state index < -0.39 is 11.9 Å². The van der Waals surface area contributed by atoms with Crippen molar-refractivity contribution >= 4 is 11.9 Å². The summed E-state index contributed by atoms with van der Waals surface area (Å²) in [5, 5.41) is 17.4. The summed E-state index contributed by atoms with van der Waals surface area (Å²) in [6.07, 6.45) is 0. The van der Waals surface area contributed by atoms with Crippen molar-refractivity contribution in [3.05, 3.63) is 84.0 Å². The number of aliphatic hydroxyl groups excluding tert-OH is 2. The maximum atomic E-state index is 11.7. The maximum Gasteiger partial charge on any atom is 0.336 e. The summed E-state index contributed by atoms with van der Waals surface area (Å²) in [5.74, 6) is -0.0327. The first-order valence-electron chi connectivity index (χ1n) is 11.1. The normalized spacial score (nSPS) is 10.9. The van der Waals surface area contributed by atoms with E-state index in [9.17, 15) is 9.59 Å². The second kappa shape index (κ2) is 13.3. The van der Waals surface area contributed by atoms with Crippen molar-refractivity contribution in [2.75, 3.05) is 39.6 Å². The zero-order valence-electron chi connectivity index (χ0n) is 20.1. The summed E-state index contributed by atoms with van der Waals surface area (Å²) in [4.78, 5) is 23.4. The zero-order chi connectivity index (χ0) is 25.8. The molecule has 0 aliphatic carbocycles. The monoisotopic (exact) mass is 484 g/mol. The molecule has 2 aromatic carbocycles. The molecule has 0 atom stereocenters. The lowest BCUT2D eigenvalue weighted by Crippen LogP contribution is -2.19. The number of esters is 2. The second-order valence-electron chi connectivity index (χ2n) is 8.18. The van der Waals surface area contributed by atoms with E-state index in [4.69, 9.17) is 29.2 Å². The predicted octanol–water partition coefficient (Wildman–Crippen LogP) is 2.95. The van der Waals surface area contributed by atoms with Gasteiger partial charge < -0.3 is 29.2 Å². The molecule has 0 saturated heterocycles. The van der Waals surface area contributed by atoms with Gasteiger partial charge in [0.1, 0.15) is 37.9 Å². The third-order valence-electron chi connectivity index (χ3n) is 5.20. The number of benzene rings is 2. The molecule has 35 heavy (non-hydrogen) atoms. The van der Waals surface area contributed by atoms with Crippen LogP contribution in [0.4, 0.5) is 0 Å². The zero-order valence-corrected chi connectivity index (χ0v) is 20.1. The van der Waals surface area contributed by atoms with Crippen molar-refractivity contribution < 1.29 is 38.7 Å². The van der Waals surface area contributed by atoms with Crippen molar-refractivity contribution in [3.8, 4) is 11.5 Å². The van der Waals surface area contributed by atoms with Crippen molar-refractivity contribution in [2.24, 2.45) is 0 Å². The highest BCUT2D eigenvalue weighted by Gasteiger charge is 2.23. The van der Waals surface area contributed by atoms with Crippen LogP contribution in [0.2, 0.25) is 0 Å². The minimum absolute atomic E-state index is 0.0138. The lowest BCUT2D eigenvalue weighted by molar-refractivity contribution is -0.141. The molecule has 8 nitrogen and oxygen atoms in total. The lowest BCUT2D eigenvalue weighted by atomic mass is 9.78. The smallest absolute Gasteiger partial charge is 0.336 e. The van der Waals surface area contributed by atoms with Crippen LogP contribution in [0.5, 0.6) is 11.5 Å². The average Bonchev–Trinajstić information content (AvgIpc) is 2.87. The summed E-state index contributed by atoms with van der Waals surface area (Å²) in [7, 11) is 0. The summed E-state index contributed by atoms with van der Waals surface area (Å²) in [6.45, 7) is 10.8. The van der Waals surface area contributed by atoms with Crippen LogP contribution in [-0.2, 0) is 24.5 Å². The van der Waals surface area contributed by atoms with Gasteiger partial charge in [-0.2, -0.15) is 0 Å². The minimum atomic E-state index is -0.602. The summed E-state index contributed by atoms with van der Waals surface area (Å²) >= 11 is 0. The van der Waals surface area contributed by atoms with Crippen LogP contribution in [0.25, 0.3) is 0 Å². The van der Waals surface area contributed by atoms with Crippen LogP contribution in [0, 0.1) is 0 Å². The van der Waals surface area contributed by atoms with E-state index in [1.807, 2.05) is 48.5 Å². The molecule has 2 N–H and O–H groups in total. The van der Waals surface area contributed by atoms with Crippen LogP contribution in [0.1, 0.15) is 25.0 Å². The van der Waals surface area contributed by atoms with Crippen molar-refractivity contribution in [1.29, 1.82) is 0 Å².